The van der Waals surface area contributed by atoms with Gasteiger partial charge in [-0.2, -0.15) is 4.73 Å². The molecule has 0 aromatic carbocycles. The Morgan fingerprint density at radius 2 is 1.91 bits per heavy atom. The number of hydrogen-bond donors (Lipinski definition) is 0. The maximum atomic E-state index is 11.2. The lowest BCUT2D eigenvalue weighted by molar-refractivity contribution is -0.624. The van der Waals surface area contributed by atoms with E-state index in [0.29, 0.717) is 4.60 Å². The van der Waals surface area contributed by atoms with E-state index in [2.05, 4.69) is 15.9 Å². The zero-order valence-electron chi connectivity index (χ0n) is 6.81. The first-order chi connectivity index (χ1) is 5.04. The van der Waals surface area contributed by atoms with Crippen molar-refractivity contribution in [3.8, 4) is 0 Å². The fraction of sp³-hybridized carbons (Fsp3) is 0.375. The van der Waals surface area contributed by atoms with Crippen LogP contribution in [0.1, 0.15) is 16.8 Å². The Morgan fingerprint density at radius 1 is 1.36 bits per heavy atom. The van der Waals surface area contributed by atoms with Crippen LogP contribution < -0.4 is 4.73 Å². The normalized spacial score (nSPS) is 10.2. The molecule has 0 N–H and O–H groups in total. The minimum atomic E-state index is 0.620. The van der Waals surface area contributed by atoms with Gasteiger partial charge in [0.25, 0.3) is 4.60 Å². The number of aryl methyl sites for hydroxylation is 2. The van der Waals surface area contributed by atoms with Crippen LogP contribution in [-0.4, -0.2) is 0 Å². The zero-order valence-corrected chi connectivity index (χ0v) is 8.40. The largest absolute Gasteiger partial charge is 0.618 e. The van der Waals surface area contributed by atoms with Crippen LogP contribution >= 0.6 is 15.9 Å². The summed E-state index contributed by atoms with van der Waals surface area (Å²) >= 11 is 3.23. The molecule has 1 heterocycles. The highest BCUT2D eigenvalue weighted by molar-refractivity contribution is 9.10. The lowest BCUT2D eigenvalue weighted by atomic mass is 10.1. The minimum Gasteiger partial charge on any atom is -0.618 e. The van der Waals surface area contributed by atoms with Gasteiger partial charge >= 0.3 is 0 Å². The Labute approximate surface area is 74.6 Å². The summed E-state index contributed by atoms with van der Waals surface area (Å²) < 4.78 is 1.51. The van der Waals surface area contributed by atoms with Gasteiger partial charge in [0.15, 0.2) is 5.69 Å². The monoisotopic (exact) mass is 215 g/mol. The quantitative estimate of drug-likeness (QED) is 0.370. The Bertz CT molecular complexity index is 270. The van der Waals surface area contributed by atoms with Crippen LogP contribution in [0.5, 0.6) is 0 Å². The third-order valence-electron chi connectivity index (χ3n) is 1.82. The summed E-state index contributed by atoms with van der Waals surface area (Å²) in [6.07, 6.45) is 0. The molecular formula is C8H10BrNO. The Morgan fingerprint density at radius 3 is 2.45 bits per heavy atom. The lowest BCUT2D eigenvalue weighted by Gasteiger charge is -2.06. The van der Waals surface area contributed by atoms with Gasteiger partial charge in [-0.3, -0.25) is 0 Å². The van der Waals surface area contributed by atoms with Gasteiger partial charge < -0.3 is 5.21 Å². The van der Waals surface area contributed by atoms with E-state index in [1.54, 1.807) is 6.92 Å². The predicted molar refractivity (Wildman–Crippen MR) is 47.3 cm³/mol. The Kier molecular flexibility index (Phi) is 2.18. The molecule has 0 unspecified atom stereocenters. The highest BCUT2D eigenvalue weighted by Crippen LogP contribution is 2.15. The van der Waals surface area contributed by atoms with Crippen LogP contribution in [0.25, 0.3) is 0 Å². The maximum absolute atomic E-state index is 11.2. The molecule has 0 spiro atoms. The van der Waals surface area contributed by atoms with Crippen molar-refractivity contribution in [1.29, 1.82) is 0 Å². The molecule has 0 saturated heterocycles. The standard InChI is InChI=1S/C8H10BrNO/c1-5-4-6(2)10(11)8(9)7(5)3/h4H,1-3H3. The van der Waals surface area contributed by atoms with E-state index in [9.17, 15) is 5.21 Å². The first-order valence-electron chi connectivity index (χ1n) is 3.40. The lowest BCUT2D eigenvalue weighted by Crippen LogP contribution is -2.32. The number of pyridine rings is 1. The predicted octanol–water partition coefficient (Wildman–Crippen LogP) is 2.01. The van der Waals surface area contributed by atoms with Crippen molar-refractivity contribution >= 4 is 15.9 Å². The first kappa shape index (κ1) is 8.53. The van der Waals surface area contributed by atoms with E-state index in [1.165, 1.54) is 0 Å². The van der Waals surface area contributed by atoms with Crippen LogP contribution in [0, 0.1) is 26.0 Å². The summed E-state index contributed by atoms with van der Waals surface area (Å²) in [5.74, 6) is 0. The van der Waals surface area contributed by atoms with E-state index in [4.69, 9.17) is 0 Å². The smallest absolute Gasteiger partial charge is 0.262 e. The van der Waals surface area contributed by atoms with Crippen molar-refractivity contribution in [2.75, 3.05) is 0 Å². The zero-order chi connectivity index (χ0) is 8.59. The van der Waals surface area contributed by atoms with Crippen LogP contribution in [-0.2, 0) is 0 Å². The molecule has 1 aromatic heterocycles. The summed E-state index contributed by atoms with van der Waals surface area (Å²) in [5.41, 5.74) is 2.87. The fourth-order valence-corrected chi connectivity index (χ4v) is 1.54. The molecule has 3 heteroatoms. The van der Waals surface area contributed by atoms with Gasteiger partial charge in [0, 0.05) is 34.5 Å². The summed E-state index contributed by atoms with van der Waals surface area (Å²) in [6, 6.07) is 1.88. The number of aromatic nitrogens is 1. The van der Waals surface area contributed by atoms with Crippen LogP contribution in [0.4, 0.5) is 0 Å². The minimum absolute atomic E-state index is 0.620. The number of halogens is 1. The van der Waals surface area contributed by atoms with Crippen molar-refractivity contribution in [2.24, 2.45) is 0 Å². The van der Waals surface area contributed by atoms with Gasteiger partial charge in [0.2, 0.25) is 0 Å². The SMILES string of the molecule is Cc1cc(C)[n+]([O-])c(Br)c1C. The van der Waals surface area contributed by atoms with Crippen LogP contribution in [0.3, 0.4) is 0 Å². The molecule has 0 aliphatic carbocycles. The van der Waals surface area contributed by atoms with Gasteiger partial charge in [-0.15, -0.1) is 0 Å². The van der Waals surface area contributed by atoms with E-state index < -0.39 is 0 Å². The van der Waals surface area contributed by atoms with Gasteiger partial charge in [-0.1, -0.05) is 0 Å². The van der Waals surface area contributed by atoms with Gasteiger partial charge in [0.05, 0.1) is 0 Å². The van der Waals surface area contributed by atoms with Crippen molar-refractivity contribution < 1.29 is 4.73 Å². The van der Waals surface area contributed by atoms with Crippen molar-refractivity contribution in [1.82, 2.24) is 0 Å². The van der Waals surface area contributed by atoms with Crippen molar-refractivity contribution in [3.63, 3.8) is 0 Å². The second kappa shape index (κ2) is 2.81. The summed E-state index contributed by atoms with van der Waals surface area (Å²) in [7, 11) is 0. The number of rotatable bonds is 0. The third-order valence-corrected chi connectivity index (χ3v) is 2.74. The van der Waals surface area contributed by atoms with Gasteiger partial charge in [-0.25, -0.2) is 0 Å². The van der Waals surface area contributed by atoms with E-state index in [0.717, 1.165) is 21.6 Å². The number of hydrogen-bond acceptors (Lipinski definition) is 1. The van der Waals surface area contributed by atoms with E-state index >= 15 is 0 Å². The molecular weight excluding hydrogens is 206 g/mol. The van der Waals surface area contributed by atoms with Crippen LogP contribution in [0.15, 0.2) is 10.7 Å². The van der Waals surface area contributed by atoms with E-state index in [-0.39, 0.29) is 0 Å². The molecule has 0 atom stereocenters. The number of nitrogens with zero attached hydrogens (tertiary/aromatic N) is 1. The Balaban J connectivity index is 3.46. The second-order valence-corrected chi connectivity index (χ2v) is 3.43. The van der Waals surface area contributed by atoms with Gasteiger partial charge in [0.1, 0.15) is 0 Å². The summed E-state index contributed by atoms with van der Waals surface area (Å²) in [4.78, 5) is 0. The van der Waals surface area contributed by atoms with E-state index in [1.807, 2.05) is 19.9 Å². The molecule has 1 rings (SSSR count). The molecule has 0 bridgehead atoms. The topological polar surface area (TPSA) is 26.9 Å². The highest BCUT2D eigenvalue weighted by atomic mass is 79.9. The molecule has 0 fully saturated rings. The summed E-state index contributed by atoms with van der Waals surface area (Å²) in [5, 5.41) is 11.2. The van der Waals surface area contributed by atoms with Crippen molar-refractivity contribution in [3.05, 3.63) is 32.7 Å². The van der Waals surface area contributed by atoms with Gasteiger partial charge in [-0.05, 0) is 19.4 Å². The molecule has 60 valence electrons. The molecule has 2 nitrogen and oxygen atoms in total. The third kappa shape index (κ3) is 1.38. The highest BCUT2D eigenvalue weighted by Gasteiger charge is 2.10. The fourth-order valence-electron chi connectivity index (χ4n) is 0.950. The molecule has 0 radical (unpaired) electrons. The molecule has 1 aromatic rings. The molecule has 0 saturated carbocycles. The Hall–Kier alpha value is -0.570. The summed E-state index contributed by atoms with van der Waals surface area (Å²) in [6.45, 7) is 5.71. The van der Waals surface area contributed by atoms with Crippen LogP contribution in [0.2, 0.25) is 0 Å². The second-order valence-electron chi connectivity index (χ2n) is 2.68. The first-order valence-corrected chi connectivity index (χ1v) is 4.19. The molecule has 0 aliphatic heterocycles. The molecule has 11 heavy (non-hydrogen) atoms. The average Bonchev–Trinajstić information content (AvgIpc) is 1.97. The molecule has 0 amide bonds. The maximum Gasteiger partial charge on any atom is 0.262 e. The molecule has 0 aliphatic rings. The average molecular weight is 216 g/mol. The van der Waals surface area contributed by atoms with Crippen molar-refractivity contribution in [2.45, 2.75) is 20.8 Å².